The molecule has 5 aromatic rings. The highest BCUT2D eigenvalue weighted by Gasteiger charge is 2.41. The summed E-state index contributed by atoms with van der Waals surface area (Å²) in [6.07, 6.45) is 2.63. The molecule has 0 aromatic heterocycles. The number of nitrogens with zero attached hydrogens (tertiary/aromatic N) is 1. The van der Waals surface area contributed by atoms with E-state index in [0.717, 1.165) is 26.6 Å². The van der Waals surface area contributed by atoms with Crippen LogP contribution in [0.3, 0.4) is 0 Å². The summed E-state index contributed by atoms with van der Waals surface area (Å²) < 4.78 is 27.5. The van der Waals surface area contributed by atoms with Gasteiger partial charge in [-0.15, -0.1) is 0 Å². The van der Waals surface area contributed by atoms with Gasteiger partial charge in [0.1, 0.15) is 4.90 Å². The van der Waals surface area contributed by atoms with Gasteiger partial charge in [0.2, 0.25) is 5.91 Å². The molecule has 0 bridgehead atoms. The Morgan fingerprint density at radius 3 is 1.73 bits per heavy atom. The number of fused-ring (bicyclic) bond motifs is 1. The average Bonchev–Trinajstić information content (AvgIpc) is 3.34. The van der Waals surface area contributed by atoms with Gasteiger partial charge < -0.3 is 0 Å². The molecule has 0 saturated heterocycles. The largest absolute Gasteiger partial charge is 0.273 e. The normalized spacial score (nSPS) is 13.3. The number of carbonyl (C=O) groups is 2. The zero-order valence-corrected chi connectivity index (χ0v) is 27.7. The Morgan fingerprint density at radius 2 is 1.16 bits per heavy atom. The molecular formula is C41H36N2O5S. The summed E-state index contributed by atoms with van der Waals surface area (Å²) >= 11 is 0. The lowest BCUT2D eigenvalue weighted by molar-refractivity contribution is -0.143. The van der Waals surface area contributed by atoms with Gasteiger partial charge in [0.25, 0.3) is 15.9 Å². The molecule has 5 aromatic carbocycles. The maximum Gasteiger partial charge on any atom is 0.269 e. The molecule has 1 heterocycles. The molecule has 7 nitrogen and oxygen atoms in total. The summed E-state index contributed by atoms with van der Waals surface area (Å²) in [6, 6.07) is 43.5. The summed E-state index contributed by atoms with van der Waals surface area (Å²) in [6.45, 7) is 0.0733. The van der Waals surface area contributed by atoms with E-state index in [0.29, 0.717) is 31.2 Å². The fourth-order valence-electron chi connectivity index (χ4n) is 6.01. The zero-order valence-electron chi connectivity index (χ0n) is 26.9. The van der Waals surface area contributed by atoms with Crippen LogP contribution in [0.25, 0.3) is 0 Å². The lowest BCUT2D eigenvalue weighted by Gasteiger charge is -2.35. The van der Waals surface area contributed by atoms with Crippen LogP contribution in [0.1, 0.15) is 70.3 Å². The number of carbonyl (C=O) groups excluding carboxylic acids is 2. The summed E-state index contributed by atoms with van der Waals surface area (Å²) in [7, 11) is -3.96. The monoisotopic (exact) mass is 668 g/mol. The van der Waals surface area contributed by atoms with Crippen molar-refractivity contribution in [1.82, 2.24) is 9.79 Å². The zero-order chi connectivity index (χ0) is 34.1. The summed E-state index contributed by atoms with van der Waals surface area (Å²) in [5.74, 6) is 5.23. The van der Waals surface area contributed by atoms with Crippen LogP contribution in [0.4, 0.5) is 0 Å². The van der Waals surface area contributed by atoms with Crippen LogP contribution in [-0.4, -0.2) is 31.1 Å². The summed E-state index contributed by atoms with van der Waals surface area (Å²) in [4.78, 5) is 32.5. The van der Waals surface area contributed by atoms with Gasteiger partial charge in [-0.1, -0.05) is 134 Å². The van der Waals surface area contributed by atoms with E-state index in [-0.39, 0.29) is 29.3 Å². The van der Waals surface area contributed by atoms with Gasteiger partial charge in [0, 0.05) is 24.1 Å². The Hall–Kier alpha value is -5.49. The second-order valence-corrected chi connectivity index (χ2v) is 13.6. The van der Waals surface area contributed by atoms with Gasteiger partial charge in [-0.05, 0) is 59.9 Å². The van der Waals surface area contributed by atoms with Crippen LogP contribution < -0.4 is 5.48 Å². The highest BCUT2D eigenvalue weighted by molar-refractivity contribution is 7.90. The molecule has 2 amide bonds. The molecule has 0 saturated carbocycles. The number of rotatable bonds is 12. The smallest absolute Gasteiger partial charge is 0.269 e. The van der Waals surface area contributed by atoms with E-state index in [4.69, 9.17) is 4.84 Å². The fourth-order valence-corrected chi connectivity index (χ4v) is 7.65. The third kappa shape index (κ3) is 7.34. The second kappa shape index (κ2) is 15.2. The third-order valence-corrected chi connectivity index (χ3v) is 10.3. The predicted molar refractivity (Wildman–Crippen MR) is 189 cm³/mol. The number of benzene rings is 5. The Kier molecular flexibility index (Phi) is 10.3. The highest BCUT2D eigenvalue weighted by Crippen LogP contribution is 2.39. The molecule has 0 fully saturated rings. The van der Waals surface area contributed by atoms with Crippen LogP contribution in [-0.2, 0) is 25.3 Å². The van der Waals surface area contributed by atoms with Crippen molar-refractivity contribution in [2.75, 3.05) is 6.54 Å². The van der Waals surface area contributed by atoms with Gasteiger partial charge >= 0.3 is 0 Å². The Labute approximate surface area is 287 Å². The van der Waals surface area contributed by atoms with Crippen molar-refractivity contribution in [3.63, 3.8) is 0 Å². The number of hydroxylamine groups is 1. The fraction of sp³-hybridized carbons (Fsp3) is 0.171. The number of nitrogens with one attached hydrogen (secondary N) is 1. The topological polar surface area (TPSA) is 92.8 Å². The van der Waals surface area contributed by atoms with Crippen molar-refractivity contribution in [1.29, 1.82) is 0 Å². The molecule has 1 aliphatic heterocycles. The van der Waals surface area contributed by atoms with Crippen LogP contribution in [0.2, 0.25) is 0 Å². The molecule has 8 heteroatoms. The Balaban J connectivity index is 1.03. The first-order chi connectivity index (χ1) is 23.9. The molecule has 246 valence electrons. The minimum absolute atomic E-state index is 0.00776. The number of unbranched alkanes of at least 4 members (excludes halogenated alkanes) is 3. The van der Waals surface area contributed by atoms with Crippen molar-refractivity contribution in [3.05, 3.63) is 173 Å². The van der Waals surface area contributed by atoms with Crippen molar-refractivity contribution in [2.24, 2.45) is 0 Å². The van der Waals surface area contributed by atoms with Crippen LogP contribution in [0.5, 0.6) is 0 Å². The number of hydrogen-bond donors (Lipinski definition) is 1. The number of hydrogen-bond acceptors (Lipinski definition) is 5. The van der Waals surface area contributed by atoms with Crippen LogP contribution in [0.15, 0.2) is 144 Å². The van der Waals surface area contributed by atoms with Crippen molar-refractivity contribution >= 4 is 21.8 Å². The Morgan fingerprint density at radius 1 is 0.653 bits per heavy atom. The molecule has 0 aliphatic carbocycles. The van der Waals surface area contributed by atoms with E-state index in [1.165, 1.54) is 12.1 Å². The van der Waals surface area contributed by atoms with Gasteiger partial charge in [-0.2, -0.15) is 0 Å². The standard InChI is InChI=1S/C41H36N2O5S/c44-39(42-48-41(34-19-9-4-10-20-34,35-21-11-5-12-22-35)36-23-13-6-14-24-36)25-15-1-2-16-30-43-40(45)37-29-28-33(31-38(37)49(43,46)47)27-26-32-17-7-3-8-18-32/h3-14,17-24,28-29,31H,1-2,15-16,25,30H2,(H,42,44). The predicted octanol–water partition coefficient (Wildman–Crippen LogP) is 7.22. The van der Waals surface area contributed by atoms with Gasteiger partial charge in [-0.3, -0.25) is 14.4 Å². The second-order valence-electron chi connectivity index (χ2n) is 11.8. The minimum Gasteiger partial charge on any atom is -0.273 e. The quantitative estimate of drug-likeness (QED) is 0.0656. The number of sulfonamides is 1. The van der Waals surface area contributed by atoms with Gasteiger partial charge in [0.15, 0.2) is 5.60 Å². The van der Waals surface area contributed by atoms with E-state index in [9.17, 15) is 18.0 Å². The van der Waals surface area contributed by atoms with E-state index in [1.807, 2.05) is 121 Å². The molecular weight excluding hydrogens is 633 g/mol. The Bertz CT molecular complexity index is 1980. The van der Waals surface area contributed by atoms with Crippen LogP contribution >= 0.6 is 0 Å². The summed E-state index contributed by atoms with van der Waals surface area (Å²) in [5, 5.41) is 0. The van der Waals surface area contributed by atoms with Crippen molar-refractivity contribution in [2.45, 2.75) is 42.6 Å². The molecule has 0 spiro atoms. The molecule has 0 radical (unpaired) electrons. The van der Waals surface area contributed by atoms with Gasteiger partial charge in [-0.25, -0.2) is 18.2 Å². The first kappa shape index (κ1) is 33.4. The van der Waals surface area contributed by atoms with Crippen molar-refractivity contribution < 1.29 is 22.8 Å². The molecule has 0 atom stereocenters. The van der Waals surface area contributed by atoms with Crippen molar-refractivity contribution in [3.8, 4) is 11.8 Å². The molecule has 6 rings (SSSR count). The maximum atomic E-state index is 13.3. The molecule has 49 heavy (non-hydrogen) atoms. The first-order valence-corrected chi connectivity index (χ1v) is 17.8. The molecule has 1 N–H and O–H groups in total. The van der Waals surface area contributed by atoms with E-state index < -0.39 is 21.5 Å². The third-order valence-electron chi connectivity index (χ3n) is 8.51. The lowest BCUT2D eigenvalue weighted by atomic mass is 9.80. The van der Waals surface area contributed by atoms with Crippen LogP contribution in [0, 0.1) is 11.8 Å². The SMILES string of the molecule is O=C(CCCCCCN1C(=O)c2ccc(C#Cc3ccccc3)cc2S1(=O)=O)NOC(c1ccccc1)(c1ccccc1)c1ccccc1. The highest BCUT2D eigenvalue weighted by atomic mass is 32.2. The molecule has 0 unspecified atom stereocenters. The van der Waals surface area contributed by atoms with E-state index in [1.54, 1.807) is 6.07 Å². The summed E-state index contributed by atoms with van der Waals surface area (Å²) in [5.41, 5.74) is 5.78. The minimum atomic E-state index is -3.96. The first-order valence-electron chi connectivity index (χ1n) is 16.3. The maximum absolute atomic E-state index is 13.3. The number of amides is 2. The lowest BCUT2D eigenvalue weighted by Crippen LogP contribution is -2.40. The van der Waals surface area contributed by atoms with E-state index >= 15 is 0 Å². The molecule has 1 aliphatic rings. The van der Waals surface area contributed by atoms with Gasteiger partial charge in [0.05, 0.1) is 5.56 Å². The van der Waals surface area contributed by atoms with E-state index in [2.05, 4.69) is 17.3 Å². The average molecular weight is 669 g/mol.